The summed E-state index contributed by atoms with van der Waals surface area (Å²) in [5.74, 6) is 6.28. The lowest BCUT2D eigenvalue weighted by Crippen LogP contribution is -2.53. The average Bonchev–Trinajstić information content (AvgIpc) is 2.76. The number of rotatable bonds is 0. The lowest BCUT2D eigenvalue weighted by molar-refractivity contribution is -0.115. The predicted molar refractivity (Wildman–Crippen MR) is 90.1 cm³/mol. The average molecular weight is 289 g/mol. The molecule has 0 nitrogen and oxygen atoms in total. The van der Waals surface area contributed by atoms with E-state index in [1.54, 1.807) is 32.1 Å². The van der Waals surface area contributed by atoms with Crippen LogP contribution in [0.3, 0.4) is 0 Å². The van der Waals surface area contributed by atoms with Crippen molar-refractivity contribution in [3.8, 4) is 0 Å². The van der Waals surface area contributed by atoms with E-state index in [2.05, 4.69) is 27.7 Å². The second-order valence-corrected chi connectivity index (χ2v) is 10.1. The molecule has 0 heteroatoms. The molecule has 0 aromatic heterocycles. The maximum Gasteiger partial charge on any atom is -0.0266 e. The summed E-state index contributed by atoms with van der Waals surface area (Å²) in [5.41, 5.74) is 1.41. The lowest BCUT2D eigenvalue weighted by atomic mass is 9.44. The molecule has 0 aromatic carbocycles. The summed E-state index contributed by atoms with van der Waals surface area (Å²) in [6.07, 6.45) is 13.9. The number of hydrogen-bond acceptors (Lipinski definition) is 0. The SMILES string of the molecule is C[C@H]1CC[C@]2(C)C3CC[C@@]4(C)C(CC[C@@H]4C)C3CC[C@@H]2C1. The van der Waals surface area contributed by atoms with Crippen molar-refractivity contribution in [2.75, 3.05) is 0 Å². The van der Waals surface area contributed by atoms with Crippen LogP contribution in [0.5, 0.6) is 0 Å². The third kappa shape index (κ3) is 1.93. The minimum Gasteiger partial charge on any atom is -0.0625 e. The first kappa shape index (κ1) is 14.6. The van der Waals surface area contributed by atoms with Gasteiger partial charge in [-0.3, -0.25) is 0 Å². The van der Waals surface area contributed by atoms with Crippen molar-refractivity contribution >= 4 is 0 Å². The standard InChI is InChI=1S/C21H36/c1-14-9-11-21(4)16(13-14)6-7-17-18-8-5-15(2)20(18,3)12-10-19(17)21/h14-19H,5-13H2,1-4H3/t14-,15-,16+,17?,18?,19?,20+,21-/m0/s1. The molecule has 4 rings (SSSR count). The van der Waals surface area contributed by atoms with Crippen molar-refractivity contribution < 1.29 is 0 Å². The molecule has 21 heavy (non-hydrogen) atoms. The maximum absolute atomic E-state index is 2.71. The van der Waals surface area contributed by atoms with Gasteiger partial charge in [-0.25, -0.2) is 0 Å². The largest absolute Gasteiger partial charge is 0.0625 e. The van der Waals surface area contributed by atoms with Crippen LogP contribution in [0.1, 0.15) is 85.5 Å². The topological polar surface area (TPSA) is 0 Å². The van der Waals surface area contributed by atoms with Gasteiger partial charge in [0.25, 0.3) is 0 Å². The Balaban J connectivity index is 1.62. The summed E-state index contributed by atoms with van der Waals surface area (Å²) in [6, 6.07) is 0. The summed E-state index contributed by atoms with van der Waals surface area (Å²) in [4.78, 5) is 0. The fourth-order valence-corrected chi connectivity index (χ4v) is 7.74. The maximum atomic E-state index is 2.71. The Kier molecular flexibility index (Phi) is 3.30. The zero-order valence-electron chi connectivity index (χ0n) is 14.8. The smallest absolute Gasteiger partial charge is 0.0266 e. The van der Waals surface area contributed by atoms with Crippen LogP contribution >= 0.6 is 0 Å². The van der Waals surface area contributed by atoms with Crippen LogP contribution in [0.2, 0.25) is 0 Å². The minimum absolute atomic E-state index is 0.701. The number of fused-ring (bicyclic) bond motifs is 5. The Morgan fingerprint density at radius 1 is 0.714 bits per heavy atom. The molecule has 4 aliphatic rings. The van der Waals surface area contributed by atoms with Crippen LogP contribution < -0.4 is 0 Å². The normalized spacial score (nSPS) is 60.0. The van der Waals surface area contributed by atoms with Gasteiger partial charge in [-0.1, -0.05) is 34.1 Å². The molecule has 4 aliphatic carbocycles. The lowest BCUT2D eigenvalue weighted by Gasteiger charge is -2.61. The van der Waals surface area contributed by atoms with Crippen molar-refractivity contribution in [2.45, 2.75) is 85.5 Å². The minimum atomic E-state index is 0.701. The van der Waals surface area contributed by atoms with E-state index >= 15 is 0 Å². The van der Waals surface area contributed by atoms with E-state index in [0.29, 0.717) is 10.8 Å². The first-order valence-electron chi connectivity index (χ1n) is 9.95. The second kappa shape index (κ2) is 4.75. The molecule has 0 spiro atoms. The third-order valence-corrected chi connectivity index (χ3v) is 9.40. The fraction of sp³-hybridized carbons (Fsp3) is 1.00. The van der Waals surface area contributed by atoms with E-state index in [-0.39, 0.29) is 0 Å². The molecule has 0 N–H and O–H groups in total. The van der Waals surface area contributed by atoms with E-state index in [0.717, 1.165) is 35.5 Å². The van der Waals surface area contributed by atoms with Crippen molar-refractivity contribution in [3.05, 3.63) is 0 Å². The Hall–Kier alpha value is 0. The molecule has 0 saturated heterocycles. The van der Waals surface area contributed by atoms with E-state index in [4.69, 9.17) is 0 Å². The Labute approximate surface area is 132 Å². The van der Waals surface area contributed by atoms with Crippen molar-refractivity contribution in [1.29, 1.82) is 0 Å². The van der Waals surface area contributed by atoms with Gasteiger partial charge in [0.2, 0.25) is 0 Å². The molecule has 4 fully saturated rings. The highest BCUT2D eigenvalue weighted by atomic mass is 14.6. The molecule has 3 unspecified atom stereocenters. The second-order valence-electron chi connectivity index (χ2n) is 10.1. The molecule has 0 aliphatic heterocycles. The van der Waals surface area contributed by atoms with Gasteiger partial charge in [0.1, 0.15) is 0 Å². The molecule has 0 amide bonds. The van der Waals surface area contributed by atoms with E-state index in [1.807, 2.05) is 0 Å². The van der Waals surface area contributed by atoms with Gasteiger partial charge in [-0.15, -0.1) is 0 Å². The molecule has 0 radical (unpaired) electrons. The van der Waals surface area contributed by atoms with Gasteiger partial charge in [0.15, 0.2) is 0 Å². The highest BCUT2D eigenvalue weighted by Crippen LogP contribution is 2.67. The molecule has 8 atom stereocenters. The van der Waals surface area contributed by atoms with Crippen molar-refractivity contribution in [1.82, 2.24) is 0 Å². The first-order chi connectivity index (χ1) is 9.95. The van der Waals surface area contributed by atoms with E-state index in [1.165, 1.54) is 25.7 Å². The Bertz CT molecular complexity index is 412. The molecule has 0 heterocycles. The quantitative estimate of drug-likeness (QED) is 0.490. The Morgan fingerprint density at radius 2 is 1.43 bits per heavy atom. The van der Waals surface area contributed by atoms with Gasteiger partial charge in [0, 0.05) is 0 Å². The van der Waals surface area contributed by atoms with Crippen LogP contribution in [0, 0.1) is 46.3 Å². The molecular formula is C21H36. The van der Waals surface area contributed by atoms with E-state index < -0.39 is 0 Å². The summed E-state index contributed by atoms with van der Waals surface area (Å²) in [7, 11) is 0. The Morgan fingerprint density at radius 3 is 2.24 bits per heavy atom. The summed E-state index contributed by atoms with van der Waals surface area (Å²) in [5, 5.41) is 0. The van der Waals surface area contributed by atoms with Gasteiger partial charge >= 0.3 is 0 Å². The number of hydrogen-bond donors (Lipinski definition) is 0. The third-order valence-electron chi connectivity index (χ3n) is 9.40. The highest BCUT2D eigenvalue weighted by Gasteiger charge is 2.59. The van der Waals surface area contributed by atoms with Crippen LogP contribution in [0.4, 0.5) is 0 Å². The predicted octanol–water partition coefficient (Wildman–Crippen LogP) is 6.30. The fourth-order valence-electron chi connectivity index (χ4n) is 7.74. The van der Waals surface area contributed by atoms with Gasteiger partial charge in [0.05, 0.1) is 0 Å². The van der Waals surface area contributed by atoms with Crippen molar-refractivity contribution in [2.24, 2.45) is 46.3 Å². The van der Waals surface area contributed by atoms with Gasteiger partial charge in [-0.2, -0.15) is 0 Å². The van der Waals surface area contributed by atoms with Crippen LogP contribution in [-0.2, 0) is 0 Å². The molecule has 120 valence electrons. The summed E-state index contributed by atoms with van der Waals surface area (Å²) >= 11 is 0. The van der Waals surface area contributed by atoms with Crippen molar-refractivity contribution in [3.63, 3.8) is 0 Å². The van der Waals surface area contributed by atoms with Crippen LogP contribution in [0.25, 0.3) is 0 Å². The molecule has 0 aromatic rings. The molecule has 0 bridgehead atoms. The van der Waals surface area contributed by atoms with Gasteiger partial charge < -0.3 is 0 Å². The van der Waals surface area contributed by atoms with Gasteiger partial charge in [-0.05, 0) is 97.7 Å². The zero-order chi connectivity index (χ0) is 14.8. The van der Waals surface area contributed by atoms with Crippen LogP contribution in [0.15, 0.2) is 0 Å². The van der Waals surface area contributed by atoms with E-state index in [9.17, 15) is 0 Å². The first-order valence-corrected chi connectivity index (χ1v) is 9.95. The summed E-state index contributed by atoms with van der Waals surface area (Å²) < 4.78 is 0. The molecule has 4 saturated carbocycles. The molecular weight excluding hydrogens is 252 g/mol. The van der Waals surface area contributed by atoms with Crippen LogP contribution in [-0.4, -0.2) is 0 Å². The zero-order valence-corrected chi connectivity index (χ0v) is 14.8. The summed E-state index contributed by atoms with van der Waals surface area (Å²) in [6.45, 7) is 10.4. The highest BCUT2D eigenvalue weighted by molar-refractivity contribution is 5.08. The monoisotopic (exact) mass is 288 g/mol.